The molecule has 0 bridgehead atoms. The third kappa shape index (κ3) is 3.07. The third-order valence-electron chi connectivity index (χ3n) is 2.33. The summed E-state index contributed by atoms with van der Waals surface area (Å²) in [6.07, 6.45) is 0.211. The van der Waals surface area contributed by atoms with E-state index in [2.05, 4.69) is 13.2 Å². The van der Waals surface area contributed by atoms with Crippen LogP contribution in [0, 0.1) is 0 Å². The van der Waals surface area contributed by atoms with Gasteiger partial charge in [0.05, 0.1) is 0 Å². The standard InChI is InChI=1S/C13H15NO2/c1-9(8-12(14)13(15)16)10(2)11-6-4-3-5-7-11/h3-7,12H,1-2,8,14H2,(H,15,16). The van der Waals surface area contributed by atoms with E-state index in [0.29, 0.717) is 5.57 Å². The zero-order valence-corrected chi connectivity index (χ0v) is 9.02. The Morgan fingerprint density at radius 1 is 1.31 bits per heavy atom. The fourth-order valence-electron chi connectivity index (χ4n) is 1.32. The molecule has 3 nitrogen and oxygen atoms in total. The van der Waals surface area contributed by atoms with Gasteiger partial charge >= 0.3 is 5.97 Å². The summed E-state index contributed by atoms with van der Waals surface area (Å²) in [5.74, 6) is -1.03. The van der Waals surface area contributed by atoms with Crippen LogP contribution in [0.1, 0.15) is 12.0 Å². The van der Waals surface area contributed by atoms with Crippen molar-refractivity contribution in [2.75, 3.05) is 0 Å². The molecule has 1 atom stereocenters. The summed E-state index contributed by atoms with van der Waals surface area (Å²) in [7, 11) is 0. The molecular weight excluding hydrogens is 202 g/mol. The lowest BCUT2D eigenvalue weighted by Gasteiger charge is -2.12. The second-order valence-corrected chi connectivity index (χ2v) is 3.60. The molecule has 0 spiro atoms. The second-order valence-electron chi connectivity index (χ2n) is 3.60. The van der Waals surface area contributed by atoms with E-state index >= 15 is 0 Å². The maximum absolute atomic E-state index is 10.6. The normalized spacial score (nSPS) is 11.8. The highest BCUT2D eigenvalue weighted by Gasteiger charge is 2.14. The van der Waals surface area contributed by atoms with Crippen LogP contribution in [0.4, 0.5) is 0 Å². The van der Waals surface area contributed by atoms with E-state index < -0.39 is 12.0 Å². The van der Waals surface area contributed by atoms with Crippen molar-refractivity contribution >= 4 is 11.5 Å². The van der Waals surface area contributed by atoms with Crippen LogP contribution in [0.2, 0.25) is 0 Å². The highest BCUT2D eigenvalue weighted by molar-refractivity contribution is 5.79. The molecule has 0 aliphatic carbocycles. The van der Waals surface area contributed by atoms with E-state index in [-0.39, 0.29) is 6.42 Å². The quantitative estimate of drug-likeness (QED) is 0.742. The van der Waals surface area contributed by atoms with Crippen LogP contribution in [-0.2, 0) is 4.79 Å². The molecule has 3 heteroatoms. The summed E-state index contributed by atoms with van der Waals surface area (Å²) in [6, 6.07) is 8.57. The minimum Gasteiger partial charge on any atom is -0.480 e. The molecule has 3 N–H and O–H groups in total. The molecule has 0 aliphatic heterocycles. The summed E-state index contributed by atoms with van der Waals surface area (Å²) in [4.78, 5) is 10.6. The number of allylic oxidation sites excluding steroid dienone is 1. The fourth-order valence-corrected chi connectivity index (χ4v) is 1.32. The minimum absolute atomic E-state index is 0.211. The van der Waals surface area contributed by atoms with Gasteiger partial charge in [0.1, 0.15) is 6.04 Å². The molecular formula is C13H15NO2. The number of hydrogen-bond donors (Lipinski definition) is 2. The molecule has 0 radical (unpaired) electrons. The molecule has 16 heavy (non-hydrogen) atoms. The largest absolute Gasteiger partial charge is 0.480 e. The van der Waals surface area contributed by atoms with Crippen molar-refractivity contribution in [1.82, 2.24) is 0 Å². The summed E-state index contributed by atoms with van der Waals surface area (Å²) in [5, 5.41) is 8.69. The number of carboxylic acid groups (broad SMARTS) is 1. The molecule has 0 amide bonds. The Labute approximate surface area is 94.9 Å². The molecule has 0 aromatic heterocycles. The highest BCUT2D eigenvalue weighted by Crippen LogP contribution is 2.22. The predicted octanol–water partition coefficient (Wildman–Crippen LogP) is 2.06. The van der Waals surface area contributed by atoms with Gasteiger partial charge in [0.2, 0.25) is 0 Å². The number of rotatable bonds is 5. The molecule has 0 saturated carbocycles. The van der Waals surface area contributed by atoms with Crippen molar-refractivity contribution in [3.8, 4) is 0 Å². The molecule has 0 heterocycles. The Kier molecular flexibility index (Phi) is 4.03. The first-order chi connectivity index (χ1) is 7.52. The first kappa shape index (κ1) is 12.2. The number of aliphatic carboxylic acids is 1. The Balaban J connectivity index is 2.69. The number of nitrogens with two attached hydrogens (primary N) is 1. The van der Waals surface area contributed by atoms with Gasteiger partial charge in [-0.1, -0.05) is 43.5 Å². The number of carbonyl (C=O) groups is 1. The molecule has 1 aromatic carbocycles. The average Bonchev–Trinajstić information content (AvgIpc) is 2.28. The van der Waals surface area contributed by atoms with Crippen LogP contribution in [-0.4, -0.2) is 17.1 Å². The number of carboxylic acids is 1. The van der Waals surface area contributed by atoms with E-state index in [9.17, 15) is 4.79 Å². The zero-order valence-electron chi connectivity index (χ0n) is 9.02. The van der Waals surface area contributed by atoms with Crippen LogP contribution in [0.25, 0.3) is 5.57 Å². The molecule has 0 saturated heterocycles. The van der Waals surface area contributed by atoms with Crippen LogP contribution in [0.5, 0.6) is 0 Å². The van der Waals surface area contributed by atoms with E-state index in [4.69, 9.17) is 10.8 Å². The van der Waals surface area contributed by atoms with Gasteiger partial charge in [-0.25, -0.2) is 0 Å². The van der Waals surface area contributed by atoms with Gasteiger partial charge in [0, 0.05) is 0 Å². The Hall–Kier alpha value is -1.87. The van der Waals surface area contributed by atoms with Gasteiger partial charge in [-0.2, -0.15) is 0 Å². The highest BCUT2D eigenvalue weighted by atomic mass is 16.4. The van der Waals surface area contributed by atoms with Gasteiger partial charge in [-0.3, -0.25) is 4.79 Å². The number of hydrogen-bond acceptors (Lipinski definition) is 2. The van der Waals surface area contributed by atoms with Crippen LogP contribution in [0.3, 0.4) is 0 Å². The van der Waals surface area contributed by atoms with Gasteiger partial charge in [-0.15, -0.1) is 0 Å². The minimum atomic E-state index is -1.03. The van der Waals surface area contributed by atoms with Gasteiger partial charge in [-0.05, 0) is 23.1 Å². The monoisotopic (exact) mass is 217 g/mol. The first-order valence-corrected chi connectivity index (χ1v) is 4.93. The summed E-state index contributed by atoms with van der Waals surface area (Å²) < 4.78 is 0. The van der Waals surface area contributed by atoms with Gasteiger partial charge in [0.15, 0.2) is 0 Å². The predicted molar refractivity (Wildman–Crippen MR) is 64.8 cm³/mol. The van der Waals surface area contributed by atoms with Gasteiger partial charge < -0.3 is 10.8 Å². The lowest BCUT2D eigenvalue weighted by atomic mass is 9.96. The lowest BCUT2D eigenvalue weighted by Crippen LogP contribution is -2.30. The van der Waals surface area contributed by atoms with Crippen molar-refractivity contribution in [1.29, 1.82) is 0 Å². The Morgan fingerprint density at radius 2 is 1.88 bits per heavy atom. The van der Waals surface area contributed by atoms with Crippen molar-refractivity contribution in [3.05, 3.63) is 54.6 Å². The molecule has 84 valence electrons. The Bertz CT molecular complexity index is 409. The first-order valence-electron chi connectivity index (χ1n) is 4.93. The van der Waals surface area contributed by atoms with Crippen LogP contribution in [0.15, 0.2) is 49.1 Å². The Morgan fingerprint density at radius 3 is 2.38 bits per heavy atom. The lowest BCUT2D eigenvalue weighted by molar-refractivity contribution is -0.138. The van der Waals surface area contributed by atoms with Crippen molar-refractivity contribution in [3.63, 3.8) is 0 Å². The molecule has 1 aromatic rings. The maximum Gasteiger partial charge on any atom is 0.320 e. The van der Waals surface area contributed by atoms with E-state index in [0.717, 1.165) is 11.1 Å². The SMILES string of the molecule is C=C(CC(N)C(=O)O)C(=C)c1ccccc1. The topological polar surface area (TPSA) is 63.3 Å². The maximum atomic E-state index is 10.6. The molecule has 0 fully saturated rings. The van der Waals surface area contributed by atoms with E-state index in [1.807, 2.05) is 30.3 Å². The zero-order chi connectivity index (χ0) is 12.1. The number of benzene rings is 1. The van der Waals surface area contributed by atoms with E-state index in [1.54, 1.807) is 0 Å². The van der Waals surface area contributed by atoms with E-state index in [1.165, 1.54) is 0 Å². The third-order valence-corrected chi connectivity index (χ3v) is 2.33. The van der Waals surface area contributed by atoms with Crippen molar-refractivity contribution in [2.24, 2.45) is 5.73 Å². The van der Waals surface area contributed by atoms with Crippen molar-refractivity contribution < 1.29 is 9.90 Å². The molecule has 1 unspecified atom stereocenters. The smallest absolute Gasteiger partial charge is 0.320 e. The summed E-state index contributed by atoms with van der Waals surface area (Å²) >= 11 is 0. The fraction of sp³-hybridized carbons (Fsp3) is 0.154. The summed E-state index contributed by atoms with van der Waals surface area (Å²) in [5.41, 5.74) is 7.75. The molecule has 1 rings (SSSR count). The van der Waals surface area contributed by atoms with Crippen molar-refractivity contribution in [2.45, 2.75) is 12.5 Å². The summed E-state index contributed by atoms with van der Waals surface area (Å²) in [6.45, 7) is 7.70. The van der Waals surface area contributed by atoms with Gasteiger partial charge in [0.25, 0.3) is 0 Å². The molecule has 0 aliphatic rings. The second kappa shape index (κ2) is 5.28. The van der Waals surface area contributed by atoms with Crippen LogP contribution >= 0.6 is 0 Å². The average molecular weight is 217 g/mol. The van der Waals surface area contributed by atoms with Crippen LogP contribution < -0.4 is 5.73 Å².